The van der Waals surface area contributed by atoms with Crippen LogP contribution in [0.15, 0.2) is 24.3 Å². The van der Waals surface area contributed by atoms with E-state index in [0.717, 1.165) is 24.9 Å². The Bertz CT molecular complexity index is 523. The molecule has 1 aromatic carbocycles. The number of carboxylic acid groups (broad SMARTS) is 1. The largest absolute Gasteiger partial charge is 0.478 e. The number of amides is 1. The van der Waals surface area contributed by atoms with Crippen molar-refractivity contribution in [3.63, 3.8) is 0 Å². The summed E-state index contributed by atoms with van der Waals surface area (Å²) in [5.41, 5.74) is 1.09. The van der Waals surface area contributed by atoms with Gasteiger partial charge in [-0.1, -0.05) is 26.0 Å². The molecule has 1 heterocycles. The second-order valence-corrected chi connectivity index (χ2v) is 6.20. The van der Waals surface area contributed by atoms with Crippen molar-refractivity contribution in [1.82, 2.24) is 10.6 Å². The molecule has 1 aliphatic heterocycles. The summed E-state index contributed by atoms with van der Waals surface area (Å²) < 4.78 is 0. The van der Waals surface area contributed by atoms with Crippen molar-refractivity contribution in [2.75, 3.05) is 6.54 Å². The van der Waals surface area contributed by atoms with Crippen LogP contribution in [0.1, 0.15) is 42.6 Å². The Kier molecular flexibility index (Phi) is 4.63. The first-order chi connectivity index (χ1) is 9.90. The van der Waals surface area contributed by atoms with E-state index in [1.165, 1.54) is 0 Å². The van der Waals surface area contributed by atoms with Crippen molar-refractivity contribution >= 4 is 11.9 Å². The average molecular weight is 290 g/mol. The molecule has 1 amide bonds. The first-order valence-electron chi connectivity index (χ1n) is 7.23. The Morgan fingerprint density at radius 1 is 1.33 bits per heavy atom. The summed E-state index contributed by atoms with van der Waals surface area (Å²) >= 11 is 0. The minimum absolute atomic E-state index is 0.00186. The van der Waals surface area contributed by atoms with Crippen LogP contribution in [0, 0.1) is 5.41 Å². The number of carbonyl (C=O) groups is 2. The number of rotatable bonds is 4. The molecular formula is C16H22N2O3. The van der Waals surface area contributed by atoms with Gasteiger partial charge >= 0.3 is 5.97 Å². The van der Waals surface area contributed by atoms with Gasteiger partial charge in [-0.25, -0.2) is 4.79 Å². The van der Waals surface area contributed by atoms with Crippen molar-refractivity contribution < 1.29 is 14.7 Å². The normalized spacial score (nSPS) is 20.8. The molecule has 0 saturated carbocycles. The standard InChI is InChI=1S/C16H22N2O3/c1-16(2)8-3-9-17-13(16)14(19)18-10-11-4-6-12(7-5-11)15(20)21/h4-7,13,17H,3,8-10H2,1-2H3,(H,18,19)(H,20,21). The quantitative estimate of drug-likeness (QED) is 0.790. The summed E-state index contributed by atoms with van der Waals surface area (Å²) in [6.07, 6.45) is 2.12. The number of aromatic carboxylic acids is 1. The molecule has 0 bridgehead atoms. The number of piperidine rings is 1. The van der Waals surface area contributed by atoms with Gasteiger partial charge in [-0.2, -0.15) is 0 Å². The Hall–Kier alpha value is -1.88. The van der Waals surface area contributed by atoms with E-state index < -0.39 is 5.97 Å². The Balaban J connectivity index is 1.93. The average Bonchev–Trinajstić information content (AvgIpc) is 2.44. The SMILES string of the molecule is CC1(C)CCCNC1C(=O)NCc1ccc(C(=O)O)cc1. The zero-order valence-electron chi connectivity index (χ0n) is 12.5. The van der Waals surface area contributed by atoms with Crippen LogP contribution < -0.4 is 10.6 Å². The Morgan fingerprint density at radius 3 is 2.57 bits per heavy atom. The van der Waals surface area contributed by atoms with Crippen molar-refractivity contribution in [3.8, 4) is 0 Å². The molecule has 3 N–H and O–H groups in total. The summed E-state index contributed by atoms with van der Waals surface area (Å²) in [4.78, 5) is 23.1. The van der Waals surface area contributed by atoms with E-state index in [1.807, 2.05) is 0 Å². The Morgan fingerprint density at radius 2 is 2.00 bits per heavy atom. The van der Waals surface area contributed by atoms with E-state index in [4.69, 9.17) is 5.11 Å². The van der Waals surface area contributed by atoms with Gasteiger partial charge in [0.25, 0.3) is 0 Å². The Labute approximate surface area is 124 Å². The van der Waals surface area contributed by atoms with Gasteiger partial charge in [0.15, 0.2) is 0 Å². The fraction of sp³-hybridized carbons (Fsp3) is 0.500. The number of hydrogen-bond donors (Lipinski definition) is 3. The van der Waals surface area contributed by atoms with Crippen LogP contribution in [-0.4, -0.2) is 29.6 Å². The van der Waals surface area contributed by atoms with Crippen LogP contribution >= 0.6 is 0 Å². The molecule has 1 unspecified atom stereocenters. The van der Waals surface area contributed by atoms with Gasteiger partial charge in [0.1, 0.15) is 0 Å². The molecular weight excluding hydrogens is 268 g/mol. The van der Waals surface area contributed by atoms with E-state index in [-0.39, 0.29) is 22.9 Å². The molecule has 0 aliphatic carbocycles. The first kappa shape index (κ1) is 15.5. The number of nitrogens with one attached hydrogen (secondary N) is 2. The highest BCUT2D eigenvalue weighted by Gasteiger charge is 2.36. The molecule has 0 radical (unpaired) electrons. The third kappa shape index (κ3) is 3.82. The monoisotopic (exact) mass is 290 g/mol. The lowest BCUT2D eigenvalue weighted by Crippen LogP contribution is -2.55. The molecule has 21 heavy (non-hydrogen) atoms. The molecule has 5 heteroatoms. The lowest BCUT2D eigenvalue weighted by molar-refractivity contribution is -0.126. The lowest BCUT2D eigenvalue weighted by Gasteiger charge is -2.38. The minimum atomic E-state index is -0.946. The molecule has 0 aromatic heterocycles. The maximum atomic E-state index is 12.3. The zero-order chi connectivity index (χ0) is 15.5. The molecule has 1 saturated heterocycles. The van der Waals surface area contributed by atoms with Crippen LogP contribution in [0.3, 0.4) is 0 Å². The fourth-order valence-corrected chi connectivity index (χ4v) is 2.72. The van der Waals surface area contributed by atoms with E-state index in [1.54, 1.807) is 24.3 Å². The second-order valence-electron chi connectivity index (χ2n) is 6.20. The van der Waals surface area contributed by atoms with Gasteiger partial charge in [0.05, 0.1) is 11.6 Å². The van der Waals surface area contributed by atoms with Crippen molar-refractivity contribution in [1.29, 1.82) is 0 Å². The number of carbonyl (C=O) groups excluding carboxylic acids is 1. The van der Waals surface area contributed by atoms with E-state index in [9.17, 15) is 9.59 Å². The van der Waals surface area contributed by atoms with Crippen LogP contribution in [0.5, 0.6) is 0 Å². The molecule has 0 spiro atoms. The van der Waals surface area contributed by atoms with Crippen molar-refractivity contribution in [2.45, 2.75) is 39.3 Å². The highest BCUT2D eigenvalue weighted by Crippen LogP contribution is 2.30. The third-order valence-corrected chi connectivity index (χ3v) is 4.06. The van der Waals surface area contributed by atoms with Crippen molar-refractivity contribution in [2.24, 2.45) is 5.41 Å². The third-order valence-electron chi connectivity index (χ3n) is 4.06. The topological polar surface area (TPSA) is 78.4 Å². The van der Waals surface area contributed by atoms with E-state index in [0.29, 0.717) is 6.54 Å². The van der Waals surface area contributed by atoms with Gasteiger partial charge < -0.3 is 15.7 Å². The number of benzene rings is 1. The molecule has 1 aliphatic rings. The van der Waals surface area contributed by atoms with E-state index in [2.05, 4.69) is 24.5 Å². The summed E-state index contributed by atoms with van der Waals surface area (Å²) in [6, 6.07) is 6.37. The molecule has 5 nitrogen and oxygen atoms in total. The summed E-state index contributed by atoms with van der Waals surface area (Å²) in [5.74, 6) is -0.944. The number of carboxylic acids is 1. The fourth-order valence-electron chi connectivity index (χ4n) is 2.72. The van der Waals surface area contributed by atoms with Gasteiger partial charge in [-0.05, 0) is 42.5 Å². The van der Waals surface area contributed by atoms with Gasteiger partial charge in [0.2, 0.25) is 5.91 Å². The highest BCUT2D eigenvalue weighted by atomic mass is 16.4. The molecule has 1 aromatic rings. The van der Waals surface area contributed by atoms with Crippen molar-refractivity contribution in [3.05, 3.63) is 35.4 Å². The van der Waals surface area contributed by atoms with Crippen LogP contribution in [0.2, 0.25) is 0 Å². The smallest absolute Gasteiger partial charge is 0.335 e. The minimum Gasteiger partial charge on any atom is -0.478 e. The van der Waals surface area contributed by atoms with Gasteiger partial charge in [-0.15, -0.1) is 0 Å². The lowest BCUT2D eigenvalue weighted by atomic mass is 9.77. The molecule has 1 atom stereocenters. The maximum absolute atomic E-state index is 12.3. The predicted octanol–water partition coefficient (Wildman–Crippen LogP) is 1.78. The second kappa shape index (κ2) is 6.26. The summed E-state index contributed by atoms with van der Waals surface area (Å²) in [5, 5.41) is 15.0. The first-order valence-corrected chi connectivity index (χ1v) is 7.23. The summed E-state index contributed by atoms with van der Waals surface area (Å²) in [6.45, 7) is 5.48. The maximum Gasteiger partial charge on any atom is 0.335 e. The van der Waals surface area contributed by atoms with Crippen LogP contribution in [0.4, 0.5) is 0 Å². The van der Waals surface area contributed by atoms with Gasteiger partial charge in [0, 0.05) is 6.54 Å². The molecule has 114 valence electrons. The molecule has 2 rings (SSSR count). The summed E-state index contributed by atoms with van der Waals surface area (Å²) in [7, 11) is 0. The van der Waals surface area contributed by atoms with Gasteiger partial charge in [-0.3, -0.25) is 4.79 Å². The zero-order valence-corrected chi connectivity index (χ0v) is 12.5. The molecule has 1 fully saturated rings. The predicted molar refractivity (Wildman–Crippen MR) is 80.1 cm³/mol. The number of hydrogen-bond acceptors (Lipinski definition) is 3. The van der Waals surface area contributed by atoms with Crippen LogP contribution in [-0.2, 0) is 11.3 Å². The van der Waals surface area contributed by atoms with Crippen LogP contribution in [0.25, 0.3) is 0 Å². The van der Waals surface area contributed by atoms with E-state index >= 15 is 0 Å². The highest BCUT2D eigenvalue weighted by molar-refractivity contribution is 5.87.